The van der Waals surface area contributed by atoms with Crippen LogP contribution in [0.3, 0.4) is 0 Å². The molecule has 0 radical (unpaired) electrons. The largest absolute Gasteiger partial charge is 0.391 e. The molecule has 0 aromatic heterocycles. The first-order chi connectivity index (χ1) is 19.0. The van der Waals surface area contributed by atoms with Crippen molar-refractivity contribution < 1.29 is 33.9 Å². The van der Waals surface area contributed by atoms with Gasteiger partial charge in [-0.05, 0) is 52.9 Å². The van der Waals surface area contributed by atoms with Crippen molar-refractivity contribution in [1.82, 2.24) is 26.6 Å². The van der Waals surface area contributed by atoms with Gasteiger partial charge >= 0.3 is 0 Å². The van der Waals surface area contributed by atoms with Crippen molar-refractivity contribution >= 4 is 41.8 Å². The highest BCUT2D eigenvalue weighted by Crippen LogP contribution is 2.08. The van der Waals surface area contributed by atoms with Crippen LogP contribution in [0.4, 0.5) is 0 Å². The van der Waals surface area contributed by atoms with E-state index in [0.29, 0.717) is 6.29 Å². The van der Waals surface area contributed by atoms with Gasteiger partial charge in [-0.1, -0.05) is 13.8 Å². The fourth-order valence-corrected chi connectivity index (χ4v) is 3.46. The minimum absolute atomic E-state index is 0.0584. The highest BCUT2D eigenvalue weighted by atomic mass is 16.3. The third-order valence-corrected chi connectivity index (χ3v) is 5.72. The quantitative estimate of drug-likeness (QED) is 0.0331. The maximum atomic E-state index is 13.2. The molecule has 41 heavy (non-hydrogen) atoms. The molecule has 16 heteroatoms. The molecular formula is C25H47N9O7. The van der Waals surface area contributed by atoms with Crippen LogP contribution in [0, 0.1) is 5.92 Å². The first kappa shape index (κ1) is 37.2. The molecule has 12 N–H and O–H groups in total. The minimum Gasteiger partial charge on any atom is -0.391 e. The Bertz CT molecular complexity index is 936. The molecule has 0 spiro atoms. The number of aliphatic hydroxyl groups is 1. The van der Waals surface area contributed by atoms with E-state index in [1.54, 1.807) is 0 Å². The molecule has 0 bridgehead atoms. The lowest BCUT2D eigenvalue weighted by Gasteiger charge is -2.28. The summed E-state index contributed by atoms with van der Waals surface area (Å²) in [6.07, 6.45) is -0.326. The molecule has 7 atom stereocenters. The zero-order valence-electron chi connectivity index (χ0n) is 24.6. The summed E-state index contributed by atoms with van der Waals surface area (Å²) in [5.74, 6) is -3.70. The molecule has 0 rings (SSSR count). The van der Waals surface area contributed by atoms with E-state index in [-0.39, 0.29) is 37.7 Å². The van der Waals surface area contributed by atoms with Gasteiger partial charge in [0.25, 0.3) is 0 Å². The predicted octanol–water partition coefficient (Wildman–Crippen LogP) is -3.52. The van der Waals surface area contributed by atoms with E-state index in [1.807, 2.05) is 13.8 Å². The molecule has 5 amide bonds. The van der Waals surface area contributed by atoms with E-state index in [2.05, 4.69) is 31.6 Å². The number of nitrogens with one attached hydrogen (secondary N) is 5. The van der Waals surface area contributed by atoms with E-state index in [9.17, 15) is 33.9 Å². The van der Waals surface area contributed by atoms with Gasteiger partial charge in [-0.2, -0.15) is 0 Å². The number of hydrogen-bond donors (Lipinski definition) is 9. The third-order valence-electron chi connectivity index (χ3n) is 5.72. The summed E-state index contributed by atoms with van der Waals surface area (Å²) in [6, 6.07) is -6.42. The van der Waals surface area contributed by atoms with Crippen LogP contribution in [-0.2, 0) is 28.8 Å². The number of aldehydes is 1. The zero-order valence-corrected chi connectivity index (χ0v) is 24.6. The van der Waals surface area contributed by atoms with Crippen LogP contribution in [0.25, 0.3) is 0 Å². The minimum atomic E-state index is -1.50. The lowest BCUT2D eigenvalue weighted by molar-refractivity contribution is -0.136. The number of amides is 5. The number of hydrogen-bond acceptors (Lipinski definition) is 9. The molecule has 0 aliphatic heterocycles. The van der Waals surface area contributed by atoms with Crippen molar-refractivity contribution in [3.63, 3.8) is 0 Å². The van der Waals surface area contributed by atoms with Gasteiger partial charge in [-0.15, -0.1) is 0 Å². The summed E-state index contributed by atoms with van der Waals surface area (Å²) in [7, 11) is 0. The summed E-state index contributed by atoms with van der Waals surface area (Å²) in [4.78, 5) is 78.4. The third kappa shape index (κ3) is 15.0. The first-order valence-electron chi connectivity index (χ1n) is 13.5. The van der Waals surface area contributed by atoms with E-state index in [1.165, 1.54) is 27.7 Å². The van der Waals surface area contributed by atoms with Gasteiger partial charge in [0.2, 0.25) is 29.5 Å². The second-order valence-electron chi connectivity index (χ2n) is 10.4. The van der Waals surface area contributed by atoms with Crippen molar-refractivity contribution in [1.29, 1.82) is 0 Å². The topological polar surface area (TPSA) is 273 Å². The Hall–Kier alpha value is -3.79. The van der Waals surface area contributed by atoms with Gasteiger partial charge in [-0.3, -0.25) is 29.0 Å². The molecule has 0 fully saturated rings. The second-order valence-corrected chi connectivity index (χ2v) is 10.4. The Morgan fingerprint density at radius 1 is 0.780 bits per heavy atom. The van der Waals surface area contributed by atoms with Crippen LogP contribution in [0.2, 0.25) is 0 Å². The lowest BCUT2D eigenvalue weighted by Crippen LogP contribution is -2.61. The average molecular weight is 586 g/mol. The van der Waals surface area contributed by atoms with Gasteiger partial charge in [0.05, 0.1) is 18.2 Å². The molecule has 0 saturated heterocycles. The van der Waals surface area contributed by atoms with Crippen LogP contribution in [0.5, 0.6) is 0 Å². The van der Waals surface area contributed by atoms with Crippen molar-refractivity contribution in [3.8, 4) is 0 Å². The van der Waals surface area contributed by atoms with Crippen LogP contribution in [-0.4, -0.2) is 95.8 Å². The summed E-state index contributed by atoms with van der Waals surface area (Å²) in [6.45, 7) is 9.41. The van der Waals surface area contributed by atoms with Crippen LogP contribution >= 0.6 is 0 Å². The van der Waals surface area contributed by atoms with E-state index >= 15 is 0 Å². The number of guanidine groups is 1. The van der Waals surface area contributed by atoms with E-state index in [0.717, 1.165) is 0 Å². The summed E-state index contributed by atoms with van der Waals surface area (Å²) < 4.78 is 0. The lowest BCUT2D eigenvalue weighted by atomic mass is 10.0. The van der Waals surface area contributed by atoms with Crippen LogP contribution in [0.1, 0.15) is 60.8 Å². The Balaban J connectivity index is 5.71. The summed E-state index contributed by atoms with van der Waals surface area (Å²) in [5.41, 5.74) is 16.1. The first-order valence-corrected chi connectivity index (χ1v) is 13.5. The monoisotopic (exact) mass is 585 g/mol. The molecule has 0 aliphatic carbocycles. The highest BCUT2D eigenvalue weighted by Gasteiger charge is 2.33. The smallest absolute Gasteiger partial charge is 0.245 e. The number of carbonyl (C=O) groups excluding carboxylic acids is 6. The fourth-order valence-electron chi connectivity index (χ4n) is 3.46. The molecular weight excluding hydrogens is 538 g/mol. The van der Waals surface area contributed by atoms with Gasteiger partial charge in [0.15, 0.2) is 5.96 Å². The maximum absolute atomic E-state index is 13.2. The maximum Gasteiger partial charge on any atom is 0.245 e. The Morgan fingerprint density at radius 2 is 1.34 bits per heavy atom. The molecule has 0 saturated carbocycles. The Kier molecular flexibility index (Phi) is 16.8. The Morgan fingerprint density at radius 3 is 1.83 bits per heavy atom. The van der Waals surface area contributed by atoms with Crippen LogP contribution < -0.4 is 43.8 Å². The fraction of sp³-hybridized carbons (Fsp3) is 0.720. The normalized spacial score (nSPS) is 16.0. The number of rotatable bonds is 18. The molecule has 0 aromatic carbocycles. The molecule has 234 valence electrons. The average Bonchev–Trinajstić information content (AvgIpc) is 2.87. The van der Waals surface area contributed by atoms with Crippen molar-refractivity contribution in [3.05, 3.63) is 0 Å². The highest BCUT2D eigenvalue weighted by molar-refractivity contribution is 5.96. The number of aliphatic imine (C=N–C) groups is 1. The van der Waals surface area contributed by atoms with E-state index < -0.39 is 71.9 Å². The van der Waals surface area contributed by atoms with E-state index in [4.69, 9.17) is 17.2 Å². The number of nitrogens with two attached hydrogens (primary N) is 3. The van der Waals surface area contributed by atoms with Gasteiger partial charge in [0.1, 0.15) is 30.5 Å². The molecule has 0 aromatic rings. The van der Waals surface area contributed by atoms with Crippen LogP contribution in [0.15, 0.2) is 4.99 Å². The molecule has 0 heterocycles. The second kappa shape index (κ2) is 18.5. The SMILES string of the molecule is CC(C)C[C@H](NC(=O)[C@H](C)NC(=O)[C@H](C)N)C(=O)N[C@H](C(=O)N[C@@H](CCCN=C(N)N)C(=O)N[C@@H](C)C=O)[C@@H](C)O. The van der Waals surface area contributed by atoms with Crippen molar-refractivity contribution in [2.24, 2.45) is 28.1 Å². The van der Waals surface area contributed by atoms with Crippen molar-refractivity contribution in [2.45, 2.75) is 103 Å². The zero-order chi connectivity index (χ0) is 31.9. The summed E-state index contributed by atoms with van der Waals surface area (Å²) >= 11 is 0. The molecule has 16 nitrogen and oxygen atoms in total. The predicted molar refractivity (Wildman–Crippen MR) is 152 cm³/mol. The number of aliphatic hydroxyl groups excluding tert-OH is 1. The number of nitrogens with zero attached hydrogens (tertiary/aromatic N) is 1. The summed E-state index contributed by atoms with van der Waals surface area (Å²) in [5, 5.41) is 22.7. The Labute approximate surface area is 240 Å². The molecule has 0 aliphatic rings. The van der Waals surface area contributed by atoms with Gasteiger partial charge < -0.3 is 53.7 Å². The van der Waals surface area contributed by atoms with Crippen molar-refractivity contribution in [2.75, 3.05) is 6.54 Å². The molecule has 0 unspecified atom stereocenters. The number of carbonyl (C=O) groups is 6. The standard InChI is InChI=1S/C25H47N9O7/c1-12(2)10-18(33-21(38)15(5)31-20(37)14(4)26)23(40)34-19(16(6)36)24(41)32-17(8-7-9-29-25(27)28)22(39)30-13(3)11-35/h11-19,36H,7-10,26H2,1-6H3,(H,30,39)(H,31,37)(H,32,41)(H,33,38)(H,34,40)(H4,27,28,29)/t13-,14-,15-,16+,17-,18-,19-/m0/s1. The van der Waals surface area contributed by atoms with Gasteiger partial charge in [-0.25, -0.2) is 0 Å². The van der Waals surface area contributed by atoms with Gasteiger partial charge in [0, 0.05) is 6.54 Å².